The maximum absolute atomic E-state index is 13.4. The smallest absolute Gasteiger partial charge is 0.327 e. The van der Waals surface area contributed by atoms with Crippen LogP contribution in [-0.2, 0) is 16.0 Å². The summed E-state index contributed by atoms with van der Waals surface area (Å²) in [6.07, 6.45) is 0.559. The van der Waals surface area contributed by atoms with Gasteiger partial charge in [0.05, 0.1) is 13.2 Å². The van der Waals surface area contributed by atoms with Gasteiger partial charge in [-0.3, -0.25) is 19.9 Å². The van der Waals surface area contributed by atoms with Gasteiger partial charge in [0.15, 0.2) is 0 Å². The Morgan fingerprint density at radius 1 is 1.13 bits per heavy atom. The molecule has 4 rings (SSSR count). The normalized spacial score (nSPS) is 29.4. The molecular formula is C22H33N5O3. The van der Waals surface area contributed by atoms with Crippen LogP contribution in [0, 0.1) is 5.92 Å². The summed E-state index contributed by atoms with van der Waals surface area (Å²) < 4.78 is 5.39. The molecule has 1 aromatic rings. The first-order valence-corrected chi connectivity index (χ1v) is 11.0. The zero-order valence-corrected chi connectivity index (χ0v) is 18.4. The van der Waals surface area contributed by atoms with Crippen molar-refractivity contribution >= 4 is 17.6 Å². The van der Waals surface area contributed by atoms with Crippen molar-refractivity contribution in [2.45, 2.75) is 45.7 Å². The third-order valence-corrected chi connectivity index (χ3v) is 6.42. The maximum atomic E-state index is 13.4. The minimum Gasteiger partial charge on any atom is -0.380 e. The summed E-state index contributed by atoms with van der Waals surface area (Å²) in [7, 11) is 1.77. The van der Waals surface area contributed by atoms with Crippen molar-refractivity contribution in [3.05, 3.63) is 29.8 Å². The van der Waals surface area contributed by atoms with Gasteiger partial charge in [-0.25, -0.2) is 4.79 Å². The molecule has 8 nitrogen and oxygen atoms in total. The van der Waals surface area contributed by atoms with Crippen LogP contribution >= 0.6 is 0 Å². The number of nitrogens with zero attached hydrogens (tertiary/aromatic N) is 4. The van der Waals surface area contributed by atoms with Crippen LogP contribution < -0.4 is 10.2 Å². The van der Waals surface area contributed by atoms with Gasteiger partial charge in [0.25, 0.3) is 5.91 Å². The van der Waals surface area contributed by atoms with Gasteiger partial charge in [0, 0.05) is 32.4 Å². The number of anilines is 1. The monoisotopic (exact) mass is 415 g/mol. The molecule has 4 unspecified atom stereocenters. The van der Waals surface area contributed by atoms with Gasteiger partial charge >= 0.3 is 6.03 Å². The van der Waals surface area contributed by atoms with Crippen LogP contribution in [0.1, 0.15) is 26.3 Å². The van der Waals surface area contributed by atoms with Crippen molar-refractivity contribution in [1.82, 2.24) is 20.0 Å². The average molecular weight is 416 g/mol. The number of hydrogen-bond donors (Lipinski definition) is 1. The molecule has 0 saturated carbocycles. The van der Waals surface area contributed by atoms with Gasteiger partial charge in [-0.2, -0.15) is 0 Å². The summed E-state index contributed by atoms with van der Waals surface area (Å²) in [6.45, 7) is 9.21. The van der Waals surface area contributed by atoms with Crippen LogP contribution in [0.2, 0.25) is 0 Å². The first-order chi connectivity index (χ1) is 14.5. The van der Waals surface area contributed by atoms with Crippen molar-refractivity contribution in [3.63, 3.8) is 0 Å². The van der Waals surface area contributed by atoms with Gasteiger partial charge in [0.1, 0.15) is 18.5 Å². The number of carbonyl (C=O) groups excluding carboxylic acids is 2. The van der Waals surface area contributed by atoms with E-state index >= 15 is 0 Å². The summed E-state index contributed by atoms with van der Waals surface area (Å²) in [5.41, 5.74) is 2.44. The fourth-order valence-electron chi connectivity index (χ4n) is 4.85. The zero-order chi connectivity index (χ0) is 21.4. The molecule has 3 fully saturated rings. The molecule has 0 spiro atoms. The highest BCUT2D eigenvalue weighted by Gasteiger charge is 2.56. The number of imide groups is 1. The number of likely N-dealkylation sites (N-methyl/N-ethyl adjacent to an activating group) is 1. The quantitative estimate of drug-likeness (QED) is 0.711. The lowest BCUT2D eigenvalue weighted by Gasteiger charge is -2.46. The van der Waals surface area contributed by atoms with E-state index in [0.717, 1.165) is 25.2 Å². The van der Waals surface area contributed by atoms with Crippen LogP contribution in [0.4, 0.5) is 10.5 Å². The molecule has 0 aliphatic carbocycles. The number of carbonyl (C=O) groups is 2. The van der Waals surface area contributed by atoms with Crippen LogP contribution in [-0.4, -0.2) is 85.0 Å². The highest BCUT2D eigenvalue weighted by molar-refractivity contribution is 6.00. The predicted molar refractivity (Wildman–Crippen MR) is 115 cm³/mol. The molecule has 3 heterocycles. The van der Waals surface area contributed by atoms with Crippen molar-refractivity contribution in [2.75, 3.05) is 44.8 Å². The summed E-state index contributed by atoms with van der Waals surface area (Å²) in [5.74, 6) is 0.272. The molecule has 0 aromatic heterocycles. The molecule has 3 saturated heterocycles. The molecule has 0 radical (unpaired) electrons. The Kier molecular flexibility index (Phi) is 5.99. The second-order valence-corrected chi connectivity index (χ2v) is 8.48. The van der Waals surface area contributed by atoms with Gasteiger partial charge in [-0.05, 0) is 37.0 Å². The average Bonchev–Trinajstić information content (AvgIpc) is 3.13. The van der Waals surface area contributed by atoms with Crippen molar-refractivity contribution in [2.24, 2.45) is 5.92 Å². The fourth-order valence-corrected chi connectivity index (χ4v) is 4.85. The number of amides is 3. The van der Waals surface area contributed by atoms with Gasteiger partial charge < -0.3 is 14.5 Å². The summed E-state index contributed by atoms with van der Waals surface area (Å²) in [6, 6.07) is 7.99. The molecule has 164 valence electrons. The Labute approximate surface area is 178 Å². The van der Waals surface area contributed by atoms with E-state index in [1.165, 1.54) is 10.5 Å². The minimum absolute atomic E-state index is 0.116. The van der Waals surface area contributed by atoms with Crippen LogP contribution in [0.25, 0.3) is 0 Å². The Hall–Kier alpha value is -2.16. The lowest BCUT2D eigenvalue weighted by Crippen LogP contribution is -2.67. The molecule has 1 N–H and O–H groups in total. The van der Waals surface area contributed by atoms with E-state index in [9.17, 15) is 9.59 Å². The Balaban J connectivity index is 1.60. The molecule has 3 aliphatic rings. The number of urea groups is 1. The highest BCUT2D eigenvalue weighted by atomic mass is 16.5. The number of benzene rings is 1. The SMILES string of the molecule is CCOCCN1C(=O)C2C(NC3N(c4ccc(CC)cc4)CC(C)CN23)N(C)C1=O. The van der Waals surface area contributed by atoms with Crippen LogP contribution in [0.15, 0.2) is 24.3 Å². The summed E-state index contributed by atoms with van der Waals surface area (Å²) >= 11 is 0. The second-order valence-electron chi connectivity index (χ2n) is 8.48. The van der Waals surface area contributed by atoms with E-state index in [0.29, 0.717) is 19.1 Å². The predicted octanol–water partition coefficient (Wildman–Crippen LogP) is 1.52. The highest BCUT2D eigenvalue weighted by Crippen LogP contribution is 2.34. The Bertz CT molecular complexity index is 785. The van der Waals surface area contributed by atoms with E-state index in [1.807, 2.05) is 6.92 Å². The Morgan fingerprint density at radius 2 is 1.87 bits per heavy atom. The number of ether oxygens (including phenoxy) is 1. The first kappa shape index (κ1) is 21.1. The number of hydrogen-bond acceptors (Lipinski definition) is 6. The lowest BCUT2D eigenvalue weighted by atomic mass is 10.0. The number of nitrogens with one attached hydrogen (secondary N) is 1. The fraction of sp³-hybridized carbons (Fsp3) is 0.636. The van der Waals surface area contributed by atoms with Gasteiger partial charge in [-0.15, -0.1) is 0 Å². The molecule has 0 bridgehead atoms. The molecular weight excluding hydrogens is 382 g/mol. The molecule has 30 heavy (non-hydrogen) atoms. The standard InChI is InChI=1S/C22H33N5O3/c1-5-16-7-9-17(10-8-16)26-13-15(3)14-27-18-19(23-21(26)27)24(4)22(29)25(20(18)28)11-12-30-6-2/h7-10,15,18-19,21,23H,5-6,11-14H2,1-4H3. The summed E-state index contributed by atoms with van der Waals surface area (Å²) in [4.78, 5) is 33.8. The maximum Gasteiger partial charge on any atom is 0.327 e. The van der Waals surface area contributed by atoms with E-state index in [2.05, 4.69) is 53.2 Å². The van der Waals surface area contributed by atoms with E-state index < -0.39 is 0 Å². The molecule has 3 aliphatic heterocycles. The minimum atomic E-state index is -0.389. The molecule has 3 amide bonds. The number of aryl methyl sites for hydroxylation is 1. The van der Waals surface area contributed by atoms with E-state index in [-0.39, 0.29) is 37.0 Å². The summed E-state index contributed by atoms with van der Waals surface area (Å²) in [5, 5.41) is 3.57. The zero-order valence-electron chi connectivity index (χ0n) is 18.4. The first-order valence-electron chi connectivity index (χ1n) is 11.0. The Morgan fingerprint density at radius 3 is 2.53 bits per heavy atom. The van der Waals surface area contributed by atoms with E-state index in [1.54, 1.807) is 11.9 Å². The van der Waals surface area contributed by atoms with Gasteiger partial charge in [-0.1, -0.05) is 26.0 Å². The van der Waals surface area contributed by atoms with Crippen LogP contribution in [0.3, 0.4) is 0 Å². The third-order valence-electron chi connectivity index (χ3n) is 6.42. The largest absolute Gasteiger partial charge is 0.380 e. The molecule has 1 aromatic carbocycles. The molecule has 4 atom stereocenters. The van der Waals surface area contributed by atoms with Crippen molar-refractivity contribution in [1.29, 1.82) is 0 Å². The van der Waals surface area contributed by atoms with Crippen LogP contribution in [0.5, 0.6) is 0 Å². The van der Waals surface area contributed by atoms with E-state index in [4.69, 9.17) is 4.74 Å². The van der Waals surface area contributed by atoms with Crippen molar-refractivity contribution in [3.8, 4) is 0 Å². The molecule has 8 heteroatoms. The number of rotatable bonds is 6. The van der Waals surface area contributed by atoms with Gasteiger partial charge in [0.2, 0.25) is 0 Å². The number of fused-ring (bicyclic) bond motifs is 3. The third kappa shape index (κ3) is 3.57. The topological polar surface area (TPSA) is 68.4 Å². The lowest BCUT2D eigenvalue weighted by molar-refractivity contribution is -0.139. The van der Waals surface area contributed by atoms with Crippen molar-refractivity contribution < 1.29 is 14.3 Å². The second kappa shape index (κ2) is 8.53.